The van der Waals surface area contributed by atoms with Gasteiger partial charge in [-0.1, -0.05) is 11.6 Å². The molecule has 0 unspecified atom stereocenters. The molecule has 1 fully saturated rings. The minimum atomic E-state index is -3.50. The first-order valence-corrected chi connectivity index (χ1v) is 11.4. The van der Waals surface area contributed by atoms with E-state index < -0.39 is 10.0 Å². The topological polar surface area (TPSA) is 67.2 Å². The normalized spacial score (nSPS) is 16.3. The van der Waals surface area contributed by atoms with Gasteiger partial charge < -0.3 is 9.14 Å². The van der Waals surface area contributed by atoms with Crippen LogP contribution in [-0.2, 0) is 16.6 Å². The third kappa shape index (κ3) is 4.40. The predicted octanol–water partition coefficient (Wildman–Crippen LogP) is 2.89. The molecule has 1 aliphatic rings. The number of imidazole rings is 1. The zero-order valence-electron chi connectivity index (χ0n) is 16.2. The molecule has 0 spiro atoms. The molecule has 0 N–H and O–H groups in total. The first kappa shape index (κ1) is 20.2. The number of ether oxygens (including phenoxy) is 1. The molecule has 0 radical (unpaired) electrons. The minimum absolute atomic E-state index is 0.298. The van der Waals surface area contributed by atoms with E-state index in [0.717, 1.165) is 11.3 Å². The second-order valence-electron chi connectivity index (χ2n) is 6.93. The number of hydrogen-bond donors (Lipinski definition) is 0. The molecule has 4 rings (SSSR count). The van der Waals surface area contributed by atoms with Crippen LogP contribution in [0.4, 0.5) is 0 Å². The fraction of sp³-hybridized carbons (Fsp3) is 0.350. The quantitative estimate of drug-likeness (QED) is 0.596. The monoisotopic (exact) mass is 434 g/mol. The van der Waals surface area contributed by atoms with Crippen LogP contribution in [0.2, 0.25) is 5.02 Å². The molecule has 1 aromatic carbocycles. The minimum Gasteiger partial charge on any atom is -0.494 e. The lowest BCUT2D eigenvalue weighted by atomic mass is 10.3. The standard InChI is InChI=1S/C20H23ClN4O3S/c1-2-28-18-4-6-19(7-5-18)29(26,27)25-11-9-23(10-12-25)14-17-15-24-13-16(21)3-8-20(24)22-17/h3-8,13,15H,2,9-12,14H2,1H3. The summed E-state index contributed by atoms with van der Waals surface area (Å²) in [6.07, 6.45) is 3.79. The van der Waals surface area contributed by atoms with E-state index in [1.165, 1.54) is 0 Å². The molecule has 2 aromatic heterocycles. The molecule has 1 saturated heterocycles. The Hall–Kier alpha value is -2.13. The number of sulfonamides is 1. The van der Waals surface area contributed by atoms with Crippen LogP contribution in [0.25, 0.3) is 5.65 Å². The molecular formula is C20H23ClN4O3S. The third-order valence-electron chi connectivity index (χ3n) is 4.95. The summed E-state index contributed by atoms with van der Waals surface area (Å²) in [5.74, 6) is 0.671. The highest BCUT2D eigenvalue weighted by molar-refractivity contribution is 7.89. The van der Waals surface area contributed by atoms with Crippen molar-refractivity contribution in [1.82, 2.24) is 18.6 Å². The van der Waals surface area contributed by atoms with E-state index in [9.17, 15) is 8.42 Å². The van der Waals surface area contributed by atoms with Gasteiger partial charge >= 0.3 is 0 Å². The molecule has 1 aliphatic heterocycles. The van der Waals surface area contributed by atoms with Crippen molar-refractivity contribution in [2.45, 2.75) is 18.4 Å². The summed E-state index contributed by atoms with van der Waals surface area (Å²) in [6, 6.07) is 10.3. The second-order valence-corrected chi connectivity index (χ2v) is 9.30. The van der Waals surface area contributed by atoms with Gasteiger partial charge in [0.15, 0.2) is 0 Å². The average molecular weight is 435 g/mol. The Morgan fingerprint density at radius 3 is 2.45 bits per heavy atom. The molecule has 0 aliphatic carbocycles. The maximum atomic E-state index is 12.9. The van der Waals surface area contributed by atoms with Gasteiger partial charge in [0.25, 0.3) is 0 Å². The van der Waals surface area contributed by atoms with Crippen molar-refractivity contribution in [2.75, 3.05) is 32.8 Å². The van der Waals surface area contributed by atoms with Crippen LogP contribution in [0.5, 0.6) is 5.75 Å². The van der Waals surface area contributed by atoms with Crippen LogP contribution < -0.4 is 4.74 Å². The van der Waals surface area contributed by atoms with Gasteiger partial charge in [-0.2, -0.15) is 4.31 Å². The van der Waals surface area contributed by atoms with Crippen molar-refractivity contribution >= 4 is 27.3 Å². The van der Waals surface area contributed by atoms with Gasteiger partial charge in [0, 0.05) is 45.1 Å². The van der Waals surface area contributed by atoms with E-state index in [1.807, 2.05) is 35.9 Å². The maximum absolute atomic E-state index is 12.9. The molecule has 29 heavy (non-hydrogen) atoms. The van der Waals surface area contributed by atoms with E-state index in [-0.39, 0.29) is 0 Å². The highest BCUT2D eigenvalue weighted by Gasteiger charge is 2.28. The van der Waals surface area contributed by atoms with Gasteiger partial charge in [0.1, 0.15) is 11.4 Å². The Kier molecular flexibility index (Phi) is 5.78. The van der Waals surface area contributed by atoms with Crippen LogP contribution in [-0.4, -0.2) is 59.8 Å². The van der Waals surface area contributed by atoms with Gasteiger partial charge in [-0.05, 0) is 43.3 Å². The molecular weight excluding hydrogens is 412 g/mol. The number of piperazine rings is 1. The Bertz CT molecular complexity index is 1090. The molecule has 0 saturated carbocycles. The fourth-order valence-electron chi connectivity index (χ4n) is 3.47. The van der Waals surface area contributed by atoms with Gasteiger partial charge in [-0.3, -0.25) is 4.90 Å². The second kappa shape index (κ2) is 8.31. The van der Waals surface area contributed by atoms with Crippen molar-refractivity contribution < 1.29 is 13.2 Å². The fourth-order valence-corrected chi connectivity index (χ4v) is 5.06. The average Bonchev–Trinajstić information content (AvgIpc) is 3.10. The van der Waals surface area contributed by atoms with Crippen LogP contribution in [0, 0.1) is 0 Å². The largest absolute Gasteiger partial charge is 0.494 e. The van der Waals surface area contributed by atoms with Crippen molar-refractivity contribution in [3.05, 3.63) is 59.5 Å². The molecule has 0 amide bonds. The van der Waals surface area contributed by atoms with Crippen molar-refractivity contribution in [1.29, 1.82) is 0 Å². The summed E-state index contributed by atoms with van der Waals surface area (Å²) in [5, 5.41) is 0.662. The summed E-state index contributed by atoms with van der Waals surface area (Å²) in [4.78, 5) is 7.12. The summed E-state index contributed by atoms with van der Waals surface area (Å²) >= 11 is 6.02. The summed E-state index contributed by atoms with van der Waals surface area (Å²) in [7, 11) is -3.50. The van der Waals surface area contributed by atoms with Crippen LogP contribution in [0.15, 0.2) is 53.7 Å². The van der Waals surface area contributed by atoms with E-state index in [2.05, 4.69) is 9.88 Å². The van der Waals surface area contributed by atoms with E-state index in [0.29, 0.717) is 55.0 Å². The first-order valence-electron chi connectivity index (χ1n) is 9.54. The number of fused-ring (bicyclic) bond motifs is 1. The Balaban J connectivity index is 1.39. The first-order chi connectivity index (χ1) is 14.0. The van der Waals surface area contributed by atoms with Crippen molar-refractivity contribution in [3.63, 3.8) is 0 Å². The maximum Gasteiger partial charge on any atom is 0.243 e. The summed E-state index contributed by atoms with van der Waals surface area (Å²) < 4.78 is 34.7. The number of hydrogen-bond acceptors (Lipinski definition) is 5. The number of pyridine rings is 1. The Morgan fingerprint density at radius 1 is 1.03 bits per heavy atom. The zero-order valence-corrected chi connectivity index (χ0v) is 17.7. The van der Waals surface area contributed by atoms with Gasteiger partial charge in [0.05, 0.1) is 22.2 Å². The Labute approximate surface area is 175 Å². The molecule has 9 heteroatoms. The smallest absolute Gasteiger partial charge is 0.243 e. The van der Waals surface area contributed by atoms with Gasteiger partial charge in [-0.25, -0.2) is 13.4 Å². The van der Waals surface area contributed by atoms with Crippen molar-refractivity contribution in [2.24, 2.45) is 0 Å². The molecule has 154 valence electrons. The summed E-state index contributed by atoms with van der Waals surface area (Å²) in [5.41, 5.74) is 1.79. The molecule has 3 aromatic rings. The van der Waals surface area contributed by atoms with E-state index >= 15 is 0 Å². The van der Waals surface area contributed by atoms with E-state index in [1.54, 1.807) is 28.6 Å². The summed E-state index contributed by atoms with van der Waals surface area (Å²) in [6.45, 7) is 5.34. The number of nitrogens with zero attached hydrogens (tertiary/aromatic N) is 4. The number of aromatic nitrogens is 2. The highest BCUT2D eigenvalue weighted by atomic mass is 35.5. The van der Waals surface area contributed by atoms with Gasteiger partial charge in [0.2, 0.25) is 10.0 Å². The van der Waals surface area contributed by atoms with Crippen LogP contribution in [0.3, 0.4) is 0 Å². The zero-order chi connectivity index (χ0) is 20.4. The lowest BCUT2D eigenvalue weighted by Crippen LogP contribution is -2.48. The molecule has 0 bridgehead atoms. The number of benzene rings is 1. The lowest BCUT2D eigenvalue weighted by molar-refractivity contribution is 0.180. The predicted molar refractivity (Wildman–Crippen MR) is 112 cm³/mol. The molecule has 3 heterocycles. The lowest BCUT2D eigenvalue weighted by Gasteiger charge is -2.33. The van der Waals surface area contributed by atoms with Crippen LogP contribution in [0.1, 0.15) is 12.6 Å². The molecule has 0 atom stereocenters. The van der Waals surface area contributed by atoms with Crippen molar-refractivity contribution in [3.8, 4) is 5.75 Å². The number of halogens is 1. The van der Waals surface area contributed by atoms with E-state index in [4.69, 9.17) is 16.3 Å². The molecule has 7 nitrogen and oxygen atoms in total. The van der Waals surface area contributed by atoms with Crippen LogP contribution >= 0.6 is 11.6 Å². The third-order valence-corrected chi connectivity index (χ3v) is 7.09. The van der Waals surface area contributed by atoms with Gasteiger partial charge in [-0.15, -0.1) is 0 Å². The Morgan fingerprint density at radius 2 is 1.76 bits per heavy atom. The highest BCUT2D eigenvalue weighted by Crippen LogP contribution is 2.21. The number of rotatable bonds is 6. The SMILES string of the molecule is CCOc1ccc(S(=O)(=O)N2CCN(Cc3cn4cc(Cl)ccc4n3)CC2)cc1.